The number of benzene rings is 7. The first-order valence-electron chi connectivity index (χ1n) is 17.6. The Morgan fingerprint density at radius 1 is 0.333 bits per heavy atom. The van der Waals surface area contributed by atoms with Crippen molar-refractivity contribution < 1.29 is 0 Å². The fourth-order valence-corrected chi connectivity index (χ4v) is 6.69. The van der Waals surface area contributed by atoms with Crippen molar-refractivity contribution in [3.63, 3.8) is 0 Å². The molecule has 0 N–H and O–H groups in total. The fraction of sp³-hybridized carbons (Fsp3) is 0. The monoisotopic (exact) mass is 690 g/mol. The molecule has 0 bridgehead atoms. The molecule has 0 spiro atoms. The molecule has 9 aromatic rings. The van der Waals surface area contributed by atoms with Gasteiger partial charge in [-0.25, -0.2) is 24.9 Å². The standard InChI is InChI=1S/C48H30N6/c49-31-32-25-27-33(28-26-32)36-17-11-20-39(29-36)47-52-46(35-15-5-2-6-16-35)53-48(54-47)41-22-8-7-21-40(41)37-18-12-19-38(30-37)44-42-23-9-10-24-43(42)50-45(51-44)34-13-3-1-4-14-34/h1-30H. The molecule has 54 heavy (non-hydrogen) atoms. The molecule has 2 heterocycles. The number of hydrogen-bond donors (Lipinski definition) is 0. The van der Waals surface area contributed by atoms with Crippen LogP contribution in [0.1, 0.15) is 5.56 Å². The molecule has 0 aliphatic rings. The predicted octanol–water partition coefficient (Wildman–Crippen LogP) is 11.4. The largest absolute Gasteiger partial charge is 0.228 e. The van der Waals surface area contributed by atoms with E-state index < -0.39 is 0 Å². The van der Waals surface area contributed by atoms with Crippen LogP contribution in [0.5, 0.6) is 0 Å². The Morgan fingerprint density at radius 3 is 1.57 bits per heavy atom. The molecular weight excluding hydrogens is 661 g/mol. The van der Waals surface area contributed by atoms with E-state index in [4.69, 9.17) is 24.9 Å². The highest BCUT2D eigenvalue weighted by Crippen LogP contribution is 2.36. The van der Waals surface area contributed by atoms with E-state index in [1.54, 1.807) is 0 Å². The van der Waals surface area contributed by atoms with Crippen molar-refractivity contribution in [3.05, 3.63) is 188 Å². The van der Waals surface area contributed by atoms with Crippen molar-refractivity contribution >= 4 is 10.9 Å². The first-order valence-corrected chi connectivity index (χ1v) is 17.6. The molecule has 0 saturated heterocycles. The normalized spacial score (nSPS) is 10.9. The molecule has 0 aliphatic carbocycles. The molecule has 7 aromatic carbocycles. The summed E-state index contributed by atoms with van der Waals surface area (Å²) < 4.78 is 0. The van der Waals surface area contributed by atoms with E-state index in [0.29, 0.717) is 28.9 Å². The number of hydrogen-bond acceptors (Lipinski definition) is 6. The van der Waals surface area contributed by atoms with Crippen molar-refractivity contribution in [1.82, 2.24) is 24.9 Å². The molecule has 252 valence electrons. The van der Waals surface area contributed by atoms with E-state index in [2.05, 4.69) is 60.7 Å². The highest BCUT2D eigenvalue weighted by Gasteiger charge is 2.18. The summed E-state index contributed by atoms with van der Waals surface area (Å²) in [5.74, 6) is 2.41. The zero-order valence-corrected chi connectivity index (χ0v) is 29.0. The minimum atomic E-state index is 0.568. The third kappa shape index (κ3) is 6.38. The molecular formula is C48H30N6. The van der Waals surface area contributed by atoms with Gasteiger partial charge in [0, 0.05) is 33.2 Å². The summed E-state index contributed by atoms with van der Waals surface area (Å²) in [6, 6.07) is 62.9. The zero-order valence-electron chi connectivity index (χ0n) is 29.0. The summed E-state index contributed by atoms with van der Waals surface area (Å²) in [7, 11) is 0. The number of nitriles is 1. The zero-order chi connectivity index (χ0) is 36.3. The van der Waals surface area contributed by atoms with Crippen molar-refractivity contribution in [3.8, 4) is 85.1 Å². The van der Waals surface area contributed by atoms with Crippen LogP contribution in [0.15, 0.2) is 182 Å². The SMILES string of the molecule is N#Cc1ccc(-c2cccc(-c3nc(-c4ccccc4)nc(-c4ccccc4-c4cccc(-c5nc(-c6ccccc6)nc6ccccc56)c4)n3)c2)cc1. The van der Waals surface area contributed by atoms with Gasteiger partial charge in [-0.1, -0.05) is 152 Å². The van der Waals surface area contributed by atoms with Gasteiger partial charge in [0.2, 0.25) is 0 Å². The average molecular weight is 691 g/mol. The number of aromatic nitrogens is 5. The van der Waals surface area contributed by atoms with Gasteiger partial charge in [-0.15, -0.1) is 0 Å². The lowest BCUT2D eigenvalue weighted by Gasteiger charge is -2.14. The van der Waals surface area contributed by atoms with Gasteiger partial charge in [0.25, 0.3) is 0 Å². The molecule has 0 saturated carbocycles. The molecule has 0 unspecified atom stereocenters. The van der Waals surface area contributed by atoms with E-state index in [9.17, 15) is 5.26 Å². The Kier molecular flexibility index (Phi) is 8.48. The van der Waals surface area contributed by atoms with Crippen molar-refractivity contribution in [2.75, 3.05) is 0 Å². The number of nitrogens with zero attached hydrogens (tertiary/aromatic N) is 6. The summed E-state index contributed by atoms with van der Waals surface area (Å²) >= 11 is 0. The fourth-order valence-electron chi connectivity index (χ4n) is 6.69. The second-order valence-electron chi connectivity index (χ2n) is 12.8. The summed E-state index contributed by atoms with van der Waals surface area (Å²) in [5.41, 5.74) is 11.0. The summed E-state index contributed by atoms with van der Waals surface area (Å²) in [6.45, 7) is 0. The quantitative estimate of drug-likeness (QED) is 0.165. The van der Waals surface area contributed by atoms with Crippen LogP contribution >= 0.6 is 0 Å². The highest BCUT2D eigenvalue weighted by atomic mass is 15.0. The molecule has 0 fully saturated rings. The molecule has 6 nitrogen and oxygen atoms in total. The van der Waals surface area contributed by atoms with Crippen LogP contribution in [0.2, 0.25) is 0 Å². The Balaban J connectivity index is 1.18. The van der Waals surface area contributed by atoms with E-state index in [0.717, 1.165) is 66.7 Å². The van der Waals surface area contributed by atoms with Crippen LogP contribution < -0.4 is 0 Å². The van der Waals surface area contributed by atoms with Crippen LogP contribution in [-0.4, -0.2) is 24.9 Å². The minimum Gasteiger partial charge on any atom is -0.228 e. The maximum absolute atomic E-state index is 9.30. The predicted molar refractivity (Wildman–Crippen MR) is 216 cm³/mol. The first-order chi connectivity index (χ1) is 26.7. The molecule has 9 rings (SSSR count). The maximum atomic E-state index is 9.30. The van der Waals surface area contributed by atoms with Gasteiger partial charge in [0.1, 0.15) is 0 Å². The first kappa shape index (κ1) is 32.3. The molecule has 0 radical (unpaired) electrons. The van der Waals surface area contributed by atoms with Gasteiger partial charge in [-0.2, -0.15) is 5.26 Å². The third-order valence-electron chi connectivity index (χ3n) is 9.39. The lowest BCUT2D eigenvalue weighted by molar-refractivity contribution is 1.07. The van der Waals surface area contributed by atoms with Crippen LogP contribution in [0.4, 0.5) is 0 Å². The number of para-hydroxylation sites is 1. The van der Waals surface area contributed by atoms with Gasteiger partial charge < -0.3 is 0 Å². The Morgan fingerprint density at radius 2 is 0.852 bits per heavy atom. The van der Waals surface area contributed by atoms with E-state index in [1.165, 1.54) is 0 Å². The second-order valence-corrected chi connectivity index (χ2v) is 12.8. The second kappa shape index (κ2) is 14.2. The third-order valence-corrected chi connectivity index (χ3v) is 9.39. The Bertz CT molecular complexity index is 2830. The summed E-state index contributed by atoms with van der Waals surface area (Å²) in [6.07, 6.45) is 0. The van der Waals surface area contributed by atoms with Gasteiger partial charge in [0.05, 0.1) is 22.8 Å². The Labute approximate surface area is 312 Å². The average Bonchev–Trinajstić information content (AvgIpc) is 3.26. The Hall–Kier alpha value is -7.62. The van der Waals surface area contributed by atoms with E-state index in [1.807, 2.05) is 127 Å². The molecule has 0 amide bonds. The summed E-state index contributed by atoms with van der Waals surface area (Å²) in [5, 5.41) is 10.3. The van der Waals surface area contributed by atoms with Crippen molar-refractivity contribution in [2.24, 2.45) is 0 Å². The minimum absolute atomic E-state index is 0.568. The van der Waals surface area contributed by atoms with Crippen LogP contribution in [0, 0.1) is 11.3 Å². The topological polar surface area (TPSA) is 88.2 Å². The number of fused-ring (bicyclic) bond motifs is 1. The van der Waals surface area contributed by atoms with Crippen LogP contribution in [-0.2, 0) is 0 Å². The van der Waals surface area contributed by atoms with Gasteiger partial charge in [-0.3, -0.25) is 0 Å². The van der Waals surface area contributed by atoms with Gasteiger partial charge >= 0.3 is 0 Å². The van der Waals surface area contributed by atoms with Crippen LogP contribution in [0.3, 0.4) is 0 Å². The smallest absolute Gasteiger partial charge is 0.164 e. The van der Waals surface area contributed by atoms with Crippen molar-refractivity contribution in [2.45, 2.75) is 0 Å². The molecule has 2 aromatic heterocycles. The maximum Gasteiger partial charge on any atom is 0.164 e. The molecule has 0 atom stereocenters. The lowest BCUT2D eigenvalue weighted by atomic mass is 9.96. The van der Waals surface area contributed by atoms with Crippen molar-refractivity contribution in [1.29, 1.82) is 5.26 Å². The van der Waals surface area contributed by atoms with Crippen LogP contribution in [0.25, 0.3) is 90.0 Å². The molecule has 6 heteroatoms. The van der Waals surface area contributed by atoms with Gasteiger partial charge in [0.15, 0.2) is 23.3 Å². The number of rotatable bonds is 7. The summed E-state index contributed by atoms with van der Waals surface area (Å²) in [4.78, 5) is 25.3. The highest BCUT2D eigenvalue weighted by molar-refractivity contribution is 5.95. The lowest BCUT2D eigenvalue weighted by Crippen LogP contribution is -2.01. The molecule has 0 aliphatic heterocycles. The van der Waals surface area contributed by atoms with E-state index in [-0.39, 0.29) is 0 Å². The van der Waals surface area contributed by atoms with Gasteiger partial charge in [-0.05, 0) is 52.6 Å². The van der Waals surface area contributed by atoms with E-state index >= 15 is 0 Å².